The van der Waals surface area contributed by atoms with Crippen LogP contribution in [0, 0.1) is 5.92 Å². The van der Waals surface area contributed by atoms with E-state index < -0.39 is 12.1 Å². The summed E-state index contributed by atoms with van der Waals surface area (Å²) in [5.41, 5.74) is 0. The predicted molar refractivity (Wildman–Crippen MR) is 50.7 cm³/mol. The van der Waals surface area contributed by atoms with Gasteiger partial charge in [0.25, 0.3) is 0 Å². The quantitative estimate of drug-likeness (QED) is 0.834. The predicted octanol–water partition coefficient (Wildman–Crippen LogP) is 1.12. The highest BCUT2D eigenvalue weighted by Gasteiger charge is 2.42. The Morgan fingerprint density at radius 1 is 1.44 bits per heavy atom. The van der Waals surface area contributed by atoms with Gasteiger partial charge in [-0.3, -0.25) is 0 Å². The van der Waals surface area contributed by atoms with Crippen molar-refractivity contribution >= 4 is 0 Å². The van der Waals surface area contributed by atoms with E-state index in [0.717, 1.165) is 0 Å². The van der Waals surface area contributed by atoms with Gasteiger partial charge in [0, 0.05) is 13.0 Å². The van der Waals surface area contributed by atoms with E-state index >= 15 is 0 Å². The SMILES string of the molecule is CNCc1nnc2n1CC(C(F)(F)F)CC2. The summed E-state index contributed by atoms with van der Waals surface area (Å²) in [6.07, 6.45) is -3.67. The first-order valence-electron chi connectivity index (χ1n) is 5.14. The van der Waals surface area contributed by atoms with Gasteiger partial charge in [0.15, 0.2) is 0 Å². The van der Waals surface area contributed by atoms with Gasteiger partial charge in [0.1, 0.15) is 11.6 Å². The molecule has 1 aromatic heterocycles. The molecule has 1 N–H and O–H groups in total. The van der Waals surface area contributed by atoms with Gasteiger partial charge in [0.2, 0.25) is 0 Å². The van der Waals surface area contributed by atoms with E-state index in [0.29, 0.717) is 24.6 Å². The first-order valence-corrected chi connectivity index (χ1v) is 5.14. The molecule has 0 amide bonds. The third-order valence-electron chi connectivity index (χ3n) is 2.82. The standard InChI is InChI=1S/C9H13F3N4/c1-13-4-8-15-14-7-3-2-6(5-16(7)8)9(10,11)12/h6,13H,2-5H2,1H3. The summed E-state index contributed by atoms with van der Waals surface area (Å²) < 4.78 is 39.3. The van der Waals surface area contributed by atoms with E-state index in [9.17, 15) is 13.2 Å². The Morgan fingerprint density at radius 3 is 2.81 bits per heavy atom. The number of aryl methyl sites for hydroxylation is 1. The van der Waals surface area contributed by atoms with Gasteiger partial charge in [-0.1, -0.05) is 0 Å². The van der Waals surface area contributed by atoms with Crippen LogP contribution in [0.5, 0.6) is 0 Å². The summed E-state index contributed by atoms with van der Waals surface area (Å²) in [7, 11) is 1.73. The molecule has 0 fully saturated rings. The minimum atomic E-state index is -4.13. The molecular weight excluding hydrogens is 221 g/mol. The van der Waals surface area contributed by atoms with Crippen LogP contribution in [0.4, 0.5) is 13.2 Å². The summed E-state index contributed by atoms with van der Waals surface area (Å²) in [6.45, 7) is 0.389. The second-order valence-electron chi connectivity index (χ2n) is 3.95. The third-order valence-corrected chi connectivity index (χ3v) is 2.82. The summed E-state index contributed by atoms with van der Waals surface area (Å²) in [6, 6.07) is 0. The lowest BCUT2D eigenvalue weighted by Crippen LogP contribution is -2.33. The van der Waals surface area contributed by atoms with Crippen LogP contribution in [-0.2, 0) is 19.5 Å². The maximum atomic E-state index is 12.6. The first kappa shape index (κ1) is 11.4. The average Bonchev–Trinajstić information content (AvgIpc) is 2.60. The zero-order chi connectivity index (χ0) is 11.8. The molecule has 0 spiro atoms. The fraction of sp³-hybridized carbons (Fsp3) is 0.778. The lowest BCUT2D eigenvalue weighted by atomic mass is 9.99. The number of nitrogens with one attached hydrogen (secondary N) is 1. The lowest BCUT2D eigenvalue weighted by Gasteiger charge is -2.26. The average molecular weight is 234 g/mol. The van der Waals surface area contributed by atoms with Crippen molar-refractivity contribution in [1.82, 2.24) is 20.1 Å². The fourth-order valence-electron chi connectivity index (χ4n) is 1.94. The van der Waals surface area contributed by atoms with E-state index in [4.69, 9.17) is 0 Å². The number of rotatable bonds is 2. The highest BCUT2D eigenvalue weighted by molar-refractivity contribution is 5.00. The minimum Gasteiger partial charge on any atom is -0.313 e. The van der Waals surface area contributed by atoms with E-state index in [1.165, 1.54) is 0 Å². The molecule has 0 bridgehead atoms. The maximum absolute atomic E-state index is 12.6. The van der Waals surface area contributed by atoms with Gasteiger partial charge >= 0.3 is 6.18 Å². The Labute approximate surface area is 90.9 Å². The smallest absolute Gasteiger partial charge is 0.313 e. The second-order valence-corrected chi connectivity index (χ2v) is 3.95. The van der Waals surface area contributed by atoms with Gasteiger partial charge in [-0.05, 0) is 13.5 Å². The minimum absolute atomic E-state index is 0.0527. The Morgan fingerprint density at radius 2 is 2.19 bits per heavy atom. The number of fused-ring (bicyclic) bond motifs is 1. The zero-order valence-corrected chi connectivity index (χ0v) is 8.88. The number of hydrogen-bond donors (Lipinski definition) is 1. The summed E-state index contributed by atoms with van der Waals surface area (Å²) >= 11 is 0. The van der Waals surface area contributed by atoms with Crippen molar-refractivity contribution in [1.29, 1.82) is 0 Å². The van der Waals surface area contributed by atoms with Crippen LogP contribution >= 0.6 is 0 Å². The number of halogens is 3. The Hall–Kier alpha value is -1.11. The highest BCUT2D eigenvalue weighted by Crippen LogP contribution is 2.34. The molecule has 0 aromatic carbocycles. The number of aromatic nitrogens is 3. The van der Waals surface area contributed by atoms with Crippen molar-refractivity contribution in [2.45, 2.75) is 32.1 Å². The van der Waals surface area contributed by atoms with Gasteiger partial charge in [-0.25, -0.2) is 0 Å². The molecule has 0 saturated heterocycles. The molecule has 4 nitrogen and oxygen atoms in total. The van der Waals surface area contributed by atoms with Crippen LogP contribution in [0.1, 0.15) is 18.1 Å². The largest absolute Gasteiger partial charge is 0.393 e. The van der Waals surface area contributed by atoms with E-state index in [1.54, 1.807) is 11.6 Å². The van der Waals surface area contributed by atoms with Crippen molar-refractivity contribution in [3.63, 3.8) is 0 Å². The van der Waals surface area contributed by atoms with Crippen molar-refractivity contribution in [2.75, 3.05) is 7.05 Å². The normalized spacial score (nSPS) is 20.9. The summed E-state index contributed by atoms with van der Waals surface area (Å²) in [5, 5.41) is 10.7. The topological polar surface area (TPSA) is 42.7 Å². The van der Waals surface area contributed by atoms with Crippen LogP contribution in [-0.4, -0.2) is 28.0 Å². The van der Waals surface area contributed by atoms with Gasteiger partial charge in [-0.15, -0.1) is 10.2 Å². The molecule has 16 heavy (non-hydrogen) atoms. The molecule has 1 aromatic rings. The molecule has 7 heteroatoms. The molecule has 1 atom stereocenters. The summed E-state index contributed by atoms with van der Waals surface area (Å²) in [4.78, 5) is 0. The monoisotopic (exact) mass is 234 g/mol. The third kappa shape index (κ3) is 2.04. The molecule has 1 aliphatic heterocycles. The van der Waals surface area contributed by atoms with E-state index in [1.807, 2.05) is 0 Å². The van der Waals surface area contributed by atoms with Crippen molar-refractivity contribution in [3.8, 4) is 0 Å². The summed E-state index contributed by atoms with van der Waals surface area (Å²) in [5.74, 6) is -0.0381. The van der Waals surface area contributed by atoms with Gasteiger partial charge < -0.3 is 9.88 Å². The number of nitrogens with zero attached hydrogens (tertiary/aromatic N) is 3. The fourth-order valence-corrected chi connectivity index (χ4v) is 1.94. The zero-order valence-electron chi connectivity index (χ0n) is 8.88. The maximum Gasteiger partial charge on any atom is 0.393 e. The van der Waals surface area contributed by atoms with Gasteiger partial charge in [-0.2, -0.15) is 13.2 Å². The van der Waals surface area contributed by atoms with Crippen LogP contribution in [0.3, 0.4) is 0 Å². The molecule has 1 aliphatic rings. The molecule has 2 heterocycles. The van der Waals surface area contributed by atoms with Crippen LogP contribution < -0.4 is 5.32 Å². The van der Waals surface area contributed by atoms with Crippen LogP contribution in [0.25, 0.3) is 0 Å². The van der Waals surface area contributed by atoms with E-state index in [2.05, 4.69) is 15.5 Å². The van der Waals surface area contributed by atoms with Gasteiger partial charge in [0.05, 0.1) is 12.5 Å². The Bertz CT molecular complexity index is 371. The molecular formula is C9H13F3N4. The molecule has 0 aliphatic carbocycles. The lowest BCUT2D eigenvalue weighted by molar-refractivity contribution is -0.182. The van der Waals surface area contributed by atoms with Crippen molar-refractivity contribution in [3.05, 3.63) is 11.6 Å². The molecule has 2 rings (SSSR count). The molecule has 0 saturated carbocycles. The Kier molecular flexibility index (Phi) is 2.88. The molecule has 1 unspecified atom stereocenters. The number of hydrogen-bond acceptors (Lipinski definition) is 3. The van der Waals surface area contributed by atoms with Crippen molar-refractivity contribution < 1.29 is 13.2 Å². The van der Waals surface area contributed by atoms with Crippen LogP contribution in [0.2, 0.25) is 0 Å². The molecule has 0 radical (unpaired) electrons. The van der Waals surface area contributed by atoms with Crippen molar-refractivity contribution in [2.24, 2.45) is 5.92 Å². The highest BCUT2D eigenvalue weighted by atomic mass is 19.4. The first-order chi connectivity index (χ1) is 7.52. The van der Waals surface area contributed by atoms with Crippen LogP contribution in [0.15, 0.2) is 0 Å². The molecule has 90 valence electrons. The Balaban J connectivity index is 2.21. The number of alkyl halides is 3. The second kappa shape index (κ2) is 4.04. The van der Waals surface area contributed by atoms with E-state index in [-0.39, 0.29) is 13.0 Å².